The van der Waals surface area contributed by atoms with E-state index >= 15 is 0 Å². The molecule has 0 saturated carbocycles. The predicted molar refractivity (Wildman–Crippen MR) is 81.5 cm³/mol. The molecule has 1 aromatic heterocycles. The Balaban J connectivity index is 2.12. The molecule has 0 spiro atoms. The Morgan fingerprint density at radius 2 is 1.60 bits per heavy atom. The monoisotopic (exact) mass is 280 g/mol. The molecule has 3 rings (SSSR count). The number of nitrogens with zero attached hydrogens (tertiary/aromatic N) is 1. The summed E-state index contributed by atoms with van der Waals surface area (Å²) < 4.78 is 0. The van der Waals surface area contributed by atoms with E-state index in [-0.39, 0.29) is 0 Å². The lowest BCUT2D eigenvalue weighted by atomic mass is 10.0. The summed E-state index contributed by atoms with van der Waals surface area (Å²) in [6.45, 7) is 0. The highest BCUT2D eigenvalue weighted by Crippen LogP contribution is 2.34. The summed E-state index contributed by atoms with van der Waals surface area (Å²) in [6, 6.07) is 18.1. The number of thiazole rings is 1. The SMILES string of the molecule is NC(=O)c1cnc(-c2ccccc2-c2ccccc2)s1. The van der Waals surface area contributed by atoms with Gasteiger partial charge in [0.05, 0.1) is 6.20 Å². The molecule has 0 aliphatic rings. The molecular formula is C16H12N2OS. The van der Waals surface area contributed by atoms with Gasteiger partial charge in [-0.1, -0.05) is 54.6 Å². The Morgan fingerprint density at radius 3 is 2.25 bits per heavy atom. The van der Waals surface area contributed by atoms with Gasteiger partial charge in [0.2, 0.25) is 0 Å². The van der Waals surface area contributed by atoms with Crippen molar-refractivity contribution in [3.8, 4) is 21.7 Å². The van der Waals surface area contributed by atoms with Gasteiger partial charge in [-0.25, -0.2) is 4.98 Å². The third-order valence-electron chi connectivity index (χ3n) is 2.99. The fourth-order valence-corrected chi connectivity index (χ4v) is 2.86. The van der Waals surface area contributed by atoms with Crippen molar-refractivity contribution < 1.29 is 4.79 Å². The molecule has 1 heterocycles. The molecule has 3 aromatic rings. The van der Waals surface area contributed by atoms with E-state index in [1.807, 2.05) is 36.4 Å². The van der Waals surface area contributed by atoms with Gasteiger partial charge < -0.3 is 5.73 Å². The summed E-state index contributed by atoms with van der Waals surface area (Å²) in [5, 5.41) is 0.804. The van der Waals surface area contributed by atoms with Crippen LogP contribution in [0, 0.1) is 0 Å². The number of aromatic nitrogens is 1. The molecule has 0 aliphatic heterocycles. The van der Waals surface area contributed by atoms with E-state index in [1.54, 1.807) is 0 Å². The Hall–Kier alpha value is -2.46. The molecule has 20 heavy (non-hydrogen) atoms. The second kappa shape index (κ2) is 5.27. The number of benzene rings is 2. The van der Waals surface area contributed by atoms with Crippen LogP contribution in [0.5, 0.6) is 0 Å². The Labute approximate surface area is 120 Å². The molecule has 0 fully saturated rings. The Kier molecular flexibility index (Phi) is 3.31. The van der Waals surface area contributed by atoms with Crippen LogP contribution in [-0.2, 0) is 0 Å². The average molecular weight is 280 g/mol. The van der Waals surface area contributed by atoms with Crippen molar-refractivity contribution in [2.45, 2.75) is 0 Å². The minimum Gasteiger partial charge on any atom is -0.365 e. The van der Waals surface area contributed by atoms with Crippen LogP contribution in [-0.4, -0.2) is 10.9 Å². The molecule has 0 bridgehead atoms. The number of nitrogens with two attached hydrogens (primary N) is 1. The molecule has 0 radical (unpaired) electrons. The molecule has 4 heteroatoms. The van der Waals surface area contributed by atoms with Gasteiger partial charge in [0.15, 0.2) is 0 Å². The fraction of sp³-hybridized carbons (Fsp3) is 0. The number of rotatable bonds is 3. The van der Waals surface area contributed by atoms with E-state index in [4.69, 9.17) is 5.73 Å². The highest BCUT2D eigenvalue weighted by atomic mass is 32.1. The minimum absolute atomic E-state index is 0.439. The van der Waals surface area contributed by atoms with Gasteiger partial charge in [-0.15, -0.1) is 11.3 Å². The first-order valence-corrected chi connectivity index (χ1v) is 6.98. The molecule has 1 amide bonds. The van der Waals surface area contributed by atoms with Crippen molar-refractivity contribution in [2.24, 2.45) is 5.73 Å². The average Bonchev–Trinajstić information content (AvgIpc) is 2.98. The lowest BCUT2D eigenvalue weighted by Gasteiger charge is -2.07. The molecular weight excluding hydrogens is 268 g/mol. The first-order chi connectivity index (χ1) is 9.75. The maximum atomic E-state index is 11.2. The van der Waals surface area contributed by atoms with E-state index in [0.717, 1.165) is 21.7 Å². The third kappa shape index (κ3) is 2.33. The summed E-state index contributed by atoms with van der Waals surface area (Å²) in [6.07, 6.45) is 1.53. The maximum absolute atomic E-state index is 11.2. The van der Waals surface area contributed by atoms with E-state index in [0.29, 0.717) is 4.88 Å². The number of carbonyl (C=O) groups is 1. The molecule has 2 aromatic carbocycles. The van der Waals surface area contributed by atoms with Gasteiger partial charge in [0.1, 0.15) is 9.88 Å². The van der Waals surface area contributed by atoms with Crippen LogP contribution in [0.4, 0.5) is 0 Å². The van der Waals surface area contributed by atoms with Gasteiger partial charge in [-0.3, -0.25) is 4.79 Å². The normalized spacial score (nSPS) is 10.4. The topological polar surface area (TPSA) is 56.0 Å². The quantitative estimate of drug-likeness (QED) is 0.797. The van der Waals surface area contributed by atoms with Crippen LogP contribution in [0.1, 0.15) is 9.67 Å². The smallest absolute Gasteiger partial charge is 0.260 e. The highest BCUT2D eigenvalue weighted by molar-refractivity contribution is 7.17. The summed E-state index contributed by atoms with van der Waals surface area (Å²) in [4.78, 5) is 16.0. The second-order valence-electron chi connectivity index (χ2n) is 4.31. The number of carbonyl (C=O) groups excluding carboxylic acids is 1. The van der Waals surface area contributed by atoms with Gasteiger partial charge in [0, 0.05) is 5.56 Å². The molecule has 0 aliphatic carbocycles. The van der Waals surface area contributed by atoms with Crippen LogP contribution < -0.4 is 5.73 Å². The van der Waals surface area contributed by atoms with Crippen LogP contribution in [0.15, 0.2) is 60.8 Å². The zero-order chi connectivity index (χ0) is 13.9. The summed E-state index contributed by atoms with van der Waals surface area (Å²) in [5.74, 6) is -0.439. The van der Waals surface area contributed by atoms with Gasteiger partial charge in [-0.2, -0.15) is 0 Å². The molecule has 0 atom stereocenters. The van der Waals surface area contributed by atoms with Crippen molar-refractivity contribution in [2.75, 3.05) is 0 Å². The summed E-state index contributed by atoms with van der Waals surface area (Å²) in [7, 11) is 0. The van der Waals surface area contributed by atoms with Gasteiger partial charge in [-0.05, 0) is 11.1 Å². The lowest BCUT2D eigenvalue weighted by Crippen LogP contribution is -2.08. The number of amides is 1. The van der Waals surface area contributed by atoms with Crippen molar-refractivity contribution in [1.29, 1.82) is 0 Å². The van der Waals surface area contributed by atoms with Crippen LogP contribution >= 0.6 is 11.3 Å². The van der Waals surface area contributed by atoms with Crippen molar-refractivity contribution in [3.63, 3.8) is 0 Å². The predicted octanol–water partition coefficient (Wildman–Crippen LogP) is 3.58. The fourth-order valence-electron chi connectivity index (χ4n) is 2.05. The second-order valence-corrected chi connectivity index (χ2v) is 5.34. The largest absolute Gasteiger partial charge is 0.365 e. The molecule has 0 unspecified atom stereocenters. The van der Waals surface area contributed by atoms with Crippen LogP contribution in [0.3, 0.4) is 0 Å². The third-order valence-corrected chi connectivity index (χ3v) is 4.04. The van der Waals surface area contributed by atoms with E-state index in [9.17, 15) is 4.79 Å². The van der Waals surface area contributed by atoms with Gasteiger partial charge >= 0.3 is 0 Å². The van der Waals surface area contributed by atoms with Crippen molar-refractivity contribution in [1.82, 2.24) is 4.98 Å². The minimum atomic E-state index is -0.439. The molecule has 98 valence electrons. The van der Waals surface area contributed by atoms with E-state index in [2.05, 4.69) is 23.2 Å². The summed E-state index contributed by atoms with van der Waals surface area (Å²) >= 11 is 1.32. The molecule has 2 N–H and O–H groups in total. The summed E-state index contributed by atoms with van der Waals surface area (Å²) in [5.41, 5.74) is 8.52. The van der Waals surface area contributed by atoms with Crippen LogP contribution in [0.25, 0.3) is 21.7 Å². The van der Waals surface area contributed by atoms with Crippen LogP contribution in [0.2, 0.25) is 0 Å². The zero-order valence-corrected chi connectivity index (χ0v) is 11.4. The Morgan fingerprint density at radius 1 is 0.950 bits per heavy atom. The first-order valence-electron chi connectivity index (χ1n) is 6.16. The van der Waals surface area contributed by atoms with Gasteiger partial charge in [0.25, 0.3) is 5.91 Å². The van der Waals surface area contributed by atoms with Crippen molar-refractivity contribution >= 4 is 17.2 Å². The standard InChI is InChI=1S/C16H12N2OS/c17-15(19)14-10-18-16(20-14)13-9-5-4-8-12(13)11-6-2-1-3-7-11/h1-10H,(H2,17,19). The lowest BCUT2D eigenvalue weighted by molar-refractivity contribution is 0.100. The van der Waals surface area contributed by atoms with E-state index in [1.165, 1.54) is 17.5 Å². The maximum Gasteiger partial charge on any atom is 0.260 e. The van der Waals surface area contributed by atoms with E-state index < -0.39 is 5.91 Å². The Bertz CT molecular complexity index is 750. The zero-order valence-electron chi connectivity index (χ0n) is 10.6. The first kappa shape index (κ1) is 12.6. The number of hydrogen-bond donors (Lipinski definition) is 1. The number of hydrogen-bond acceptors (Lipinski definition) is 3. The highest BCUT2D eigenvalue weighted by Gasteiger charge is 2.12. The molecule has 0 saturated heterocycles. The number of primary amides is 1. The molecule has 3 nitrogen and oxygen atoms in total. The van der Waals surface area contributed by atoms with Crippen molar-refractivity contribution in [3.05, 3.63) is 65.7 Å².